The highest BCUT2D eigenvalue weighted by Gasteiger charge is 2.11. The minimum absolute atomic E-state index is 0.0268. The lowest BCUT2D eigenvalue weighted by Crippen LogP contribution is -2.19. The third-order valence-electron chi connectivity index (χ3n) is 2.56. The van der Waals surface area contributed by atoms with Crippen LogP contribution in [0.2, 0.25) is 0 Å². The molecular formula is C13H10FN3O3S. The van der Waals surface area contributed by atoms with E-state index in [1.165, 1.54) is 29.6 Å². The number of carbonyl (C=O) groups is 1. The van der Waals surface area contributed by atoms with Crippen LogP contribution in [0, 0.1) is 15.9 Å². The minimum atomic E-state index is -0.556. The summed E-state index contributed by atoms with van der Waals surface area (Å²) in [5, 5.41) is 15.8. The largest absolute Gasteiger partial charge is 0.280 e. The highest BCUT2D eigenvalue weighted by atomic mass is 32.1. The van der Waals surface area contributed by atoms with Crippen LogP contribution in [0.25, 0.3) is 0 Å². The van der Waals surface area contributed by atoms with E-state index in [-0.39, 0.29) is 11.3 Å². The molecule has 1 amide bonds. The molecule has 1 aromatic heterocycles. The van der Waals surface area contributed by atoms with Gasteiger partial charge in [-0.25, -0.2) is 9.82 Å². The van der Waals surface area contributed by atoms with Crippen molar-refractivity contribution in [3.8, 4) is 0 Å². The summed E-state index contributed by atoms with van der Waals surface area (Å²) in [7, 11) is 0. The summed E-state index contributed by atoms with van der Waals surface area (Å²) in [6.45, 7) is 1.61. The first-order valence-corrected chi connectivity index (χ1v) is 6.69. The first-order chi connectivity index (χ1) is 9.97. The van der Waals surface area contributed by atoms with Crippen molar-refractivity contribution in [1.82, 2.24) is 5.43 Å². The SMILES string of the molecule is C/C(=N/NC(=O)c1cccc(F)c1)c1cc([N+](=O)[O-])cs1. The number of halogens is 1. The molecule has 6 nitrogen and oxygen atoms in total. The Bertz CT molecular complexity index is 727. The van der Waals surface area contributed by atoms with Crippen LogP contribution >= 0.6 is 11.3 Å². The summed E-state index contributed by atoms with van der Waals surface area (Å²) >= 11 is 1.15. The smallest absolute Gasteiger partial charge is 0.267 e. The van der Waals surface area contributed by atoms with Crippen LogP contribution in [-0.2, 0) is 0 Å². The van der Waals surface area contributed by atoms with Gasteiger partial charge >= 0.3 is 0 Å². The standard InChI is InChI=1S/C13H10FN3O3S/c1-8(12-6-11(7-21-12)17(19)20)15-16-13(18)9-3-2-4-10(14)5-9/h2-7H,1H3,(H,16,18)/b15-8-. The fourth-order valence-electron chi connectivity index (χ4n) is 1.50. The van der Waals surface area contributed by atoms with Gasteiger partial charge in [0.05, 0.1) is 20.9 Å². The molecule has 1 aromatic carbocycles. The van der Waals surface area contributed by atoms with Crippen LogP contribution in [0.15, 0.2) is 40.8 Å². The van der Waals surface area contributed by atoms with E-state index in [1.807, 2.05) is 0 Å². The van der Waals surface area contributed by atoms with Gasteiger partial charge in [0, 0.05) is 11.6 Å². The molecule has 0 aliphatic heterocycles. The molecule has 0 spiro atoms. The van der Waals surface area contributed by atoms with Gasteiger partial charge in [0.15, 0.2) is 0 Å². The molecule has 0 unspecified atom stereocenters. The Morgan fingerprint density at radius 1 is 1.43 bits per heavy atom. The summed E-state index contributed by atoms with van der Waals surface area (Å²) < 4.78 is 13.0. The van der Waals surface area contributed by atoms with E-state index in [4.69, 9.17) is 0 Å². The molecule has 0 bridgehead atoms. The minimum Gasteiger partial charge on any atom is -0.267 e. The summed E-state index contributed by atoms with van der Waals surface area (Å²) in [5.41, 5.74) is 2.83. The lowest BCUT2D eigenvalue weighted by atomic mass is 10.2. The zero-order valence-corrected chi connectivity index (χ0v) is 11.7. The lowest BCUT2D eigenvalue weighted by molar-refractivity contribution is -0.384. The van der Waals surface area contributed by atoms with Gasteiger partial charge in [-0.1, -0.05) is 6.07 Å². The van der Waals surface area contributed by atoms with E-state index in [9.17, 15) is 19.3 Å². The van der Waals surface area contributed by atoms with Crippen molar-refractivity contribution in [2.75, 3.05) is 0 Å². The molecule has 0 aliphatic carbocycles. The number of carbonyl (C=O) groups excluding carboxylic acids is 1. The first-order valence-electron chi connectivity index (χ1n) is 5.81. The quantitative estimate of drug-likeness (QED) is 0.535. The summed E-state index contributed by atoms with van der Waals surface area (Å²) in [6, 6.07) is 6.58. The number of hydrazone groups is 1. The Morgan fingerprint density at radius 2 is 2.19 bits per heavy atom. The number of amides is 1. The molecule has 108 valence electrons. The fourth-order valence-corrected chi connectivity index (χ4v) is 2.30. The number of hydrogen-bond donors (Lipinski definition) is 1. The fraction of sp³-hybridized carbons (Fsp3) is 0.0769. The lowest BCUT2D eigenvalue weighted by Gasteiger charge is -2.01. The Labute approximate surface area is 123 Å². The van der Waals surface area contributed by atoms with Crippen LogP contribution < -0.4 is 5.43 Å². The summed E-state index contributed by atoms with van der Waals surface area (Å²) in [5.74, 6) is -1.07. The zero-order chi connectivity index (χ0) is 15.4. The van der Waals surface area contributed by atoms with Gasteiger partial charge < -0.3 is 0 Å². The third kappa shape index (κ3) is 3.69. The molecule has 1 N–H and O–H groups in total. The van der Waals surface area contributed by atoms with Crippen molar-refractivity contribution >= 4 is 28.6 Å². The third-order valence-corrected chi connectivity index (χ3v) is 3.59. The molecule has 1 heterocycles. The zero-order valence-electron chi connectivity index (χ0n) is 10.9. The molecular weight excluding hydrogens is 297 g/mol. The van der Waals surface area contributed by atoms with Crippen molar-refractivity contribution in [1.29, 1.82) is 0 Å². The predicted octanol–water partition coefficient (Wildman–Crippen LogP) is 2.95. The number of nitro groups is 1. The molecule has 8 heteroatoms. The van der Waals surface area contributed by atoms with Crippen molar-refractivity contribution in [2.45, 2.75) is 6.92 Å². The Kier molecular flexibility index (Phi) is 4.39. The van der Waals surface area contributed by atoms with E-state index in [0.29, 0.717) is 10.6 Å². The Balaban J connectivity index is 2.09. The number of nitrogens with zero attached hydrogens (tertiary/aromatic N) is 2. The van der Waals surface area contributed by atoms with Gasteiger partial charge in [0.25, 0.3) is 11.6 Å². The van der Waals surface area contributed by atoms with E-state index in [2.05, 4.69) is 10.5 Å². The van der Waals surface area contributed by atoms with Gasteiger partial charge in [0.2, 0.25) is 0 Å². The number of benzene rings is 1. The van der Waals surface area contributed by atoms with Crippen molar-refractivity contribution in [3.63, 3.8) is 0 Å². The van der Waals surface area contributed by atoms with Crippen molar-refractivity contribution in [3.05, 3.63) is 62.1 Å². The summed E-state index contributed by atoms with van der Waals surface area (Å²) in [4.78, 5) is 22.4. The van der Waals surface area contributed by atoms with Gasteiger partial charge in [-0.15, -0.1) is 11.3 Å². The second kappa shape index (κ2) is 6.23. The van der Waals surface area contributed by atoms with Crippen molar-refractivity contribution in [2.24, 2.45) is 5.10 Å². The molecule has 0 radical (unpaired) electrons. The number of hydrogen-bond acceptors (Lipinski definition) is 5. The van der Waals surface area contributed by atoms with Gasteiger partial charge in [-0.05, 0) is 25.1 Å². The molecule has 2 rings (SSSR count). The van der Waals surface area contributed by atoms with Crippen LogP contribution in [0.1, 0.15) is 22.2 Å². The second-order valence-electron chi connectivity index (χ2n) is 4.07. The average molecular weight is 307 g/mol. The van der Waals surface area contributed by atoms with Crippen molar-refractivity contribution < 1.29 is 14.1 Å². The predicted molar refractivity (Wildman–Crippen MR) is 77.1 cm³/mol. The maximum atomic E-state index is 13.0. The molecule has 2 aromatic rings. The highest BCUT2D eigenvalue weighted by Crippen LogP contribution is 2.21. The van der Waals surface area contributed by atoms with Crippen LogP contribution in [-0.4, -0.2) is 16.5 Å². The van der Waals surface area contributed by atoms with Gasteiger partial charge in [-0.2, -0.15) is 5.10 Å². The van der Waals surface area contributed by atoms with E-state index in [1.54, 1.807) is 6.92 Å². The van der Waals surface area contributed by atoms with E-state index in [0.717, 1.165) is 17.4 Å². The maximum Gasteiger partial charge on any atom is 0.280 e. The maximum absolute atomic E-state index is 13.0. The first kappa shape index (κ1) is 14.8. The normalized spacial score (nSPS) is 11.2. The van der Waals surface area contributed by atoms with Crippen LogP contribution in [0.3, 0.4) is 0 Å². The van der Waals surface area contributed by atoms with E-state index >= 15 is 0 Å². The van der Waals surface area contributed by atoms with Gasteiger partial charge in [-0.3, -0.25) is 14.9 Å². The molecule has 0 saturated heterocycles. The highest BCUT2D eigenvalue weighted by molar-refractivity contribution is 7.12. The Hall–Kier alpha value is -2.61. The second-order valence-corrected chi connectivity index (χ2v) is 4.99. The number of rotatable bonds is 4. The Morgan fingerprint density at radius 3 is 2.81 bits per heavy atom. The van der Waals surface area contributed by atoms with Gasteiger partial charge in [0.1, 0.15) is 5.82 Å². The molecule has 21 heavy (non-hydrogen) atoms. The average Bonchev–Trinajstić information content (AvgIpc) is 2.94. The summed E-state index contributed by atoms with van der Waals surface area (Å²) in [6.07, 6.45) is 0. The number of thiophene rings is 1. The van der Waals surface area contributed by atoms with E-state index < -0.39 is 16.6 Å². The molecule has 0 aliphatic rings. The monoisotopic (exact) mass is 307 g/mol. The molecule has 0 fully saturated rings. The number of nitrogens with one attached hydrogen (secondary N) is 1. The topological polar surface area (TPSA) is 84.6 Å². The van der Waals surface area contributed by atoms with Crippen LogP contribution in [0.4, 0.5) is 10.1 Å². The molecule has 0 saturated carbocycles. The molecule has 0 atom stereocenters. The van der Waals surface area contributed by atoms with Crippen LogP contribution in [0.5, 0.6) is 0 Å².